The van der Waals surface area contributed by atoms with E-state index in [1.807, 2.05) is 36.4 Å². The third kappa shape index (κ3) is 2.85. The van der Waals surface area contributed by atoms with E-state index in [1.165, 1.54) is 18.4 Å². The largest absolute Gasteiger partial charge is 0.493 e. The van der Waals surface area contributed by atoms with E-state index in [1.54, 1.807) is 7.11 Å². The Morgan fingerprint density at radius 1 is 1.16 bits per heavy atom. The van der Waals surface area contributed by atoms with Crippen LogP contribution in [0, 0.1) is 5.92 Å². The van der Waals surface area contributed by atoms with Gasteiger partial charge in [-0.3, -0.25) is 9.69 Å². The molecule has 4 fully saturated rings. The van der Waals surface area contributed by atoms with Crippen molar-refractivity contribution in [3.8, 4) is 11.5 Å². The molecule has 0 unspecified atom stereocenters. The second-order valence-electron chi connectivity index (χ2n) is 12.1. The van der Waals surface area contributed by atoms with Gasteiger partial charge in [-0.2, -0.15) is 0 Å². The van der Waals surface area contributed by atoms with E-state index >= 15 is 0 Å². The maximum Gasteiger partial charge on any atom is 0.252 e. The number of likely N-dealkylation sites (tertiary alicyclic amines) is 1. The third-order valence-electron chi connectivity index (χ3n) is 10.3. The number of hydrogen-bond donors (Lipinski definition) is 2. The van der Waals surface area contributed by atoms with Gasteiger partial charge in [0, 0.05) is 24.7 Å². The molecule has 2 spiro atoms. The van der Waals surface area contributed by atoms with Gasteiger partial charge in [0.15, 0.2) is 17.6 Å². The van der Waals surface area contributed by atoms with Crippen LogP contribution < -0.4 is 14.8 Å². The van der Waals surface area contributed by atoms with Crippen LogP contribution in [0.25, 0.3) is 0 Å². The van der Waals surface area contributed by atoms with E-state index in [4.69, 9.17) is 14.2 Å². The molecule has 37 heavy (non-hydrogen) atoms. The highest BCUT2D eigenvalue weighted by molar-refractivity contribution is 5.85. The van der Waals surface area contributed by atoms with Crippen molar-refractivity contribution in [1.82, 2.24) is 10.2 Å². The number of rotatable bonds is 6. The molecular weight excluding hydrogens is 468 g/mol. The molecule has 3 aliphatic carbocycles. The molecule has 0 aromatic heterocycles. The van der Waals surface area contributed by atoms with Crippen LogP contribution in [0.2, 0.25) is 0 Å². The fraction of sp³-hybridized carbons (Fsp3) is 0.567. The number of carbonyl (C=O) groups excluding carboxylic acids is 1. The van der Waals surface area contributed by atoms with Gasteiger partial charge in [-0.15, -0.1) is 0 Å². The molecule has 1 amide bonds. The molecule has 2 saturated heterocycles. The van der Waals surface area contributed by atoms with E-state index in [0.29, 0.717) is 25.1 Å². The Balaban J connectivity index is 1.17. The Morgan fingerprint density at radius 2 is 2.00 bits per heavy atom. The Labute approximate surface area is 217 Å². The van der Waals surface area contributed by atoms with Gasteiger partial charge >= 0.3 is 0 Å². The van der Waals surface area contributed by atoms with Gasteiger partial charge in [-0.1, -0.05) is 36.4 Å². The van der Waals surface area contributed by atoms with Gasteiger partial charge in [0.25, 0.3) is 5.91 Å². The molecule has 8 rings (SSSR count). The second kappa shape index (κ2) is 7.49. The highest BCUT2D eigenvalue weighted by Crippen LogP contribution is 2.70. The summed E-state index contributed by atoms with van der Waals surface area (Å²) >= 11 is 0. The number of piperidine rings is 1. The summed E-state index contributed by atoms with van der Waals surface area (Å²) < 4.78 is 18.9. The van der Waals surface area contributed by atoms with E-state index < -0.39 is 28.8 Å². The molecule has 3 heterocycles. The number of benzene rings is 2. The first-order valence-electron chi connectivity index (χ1n) is 13.8. The smallest absolute Gasteiger partial charge is 0.252 e. The lowest BCUT2D eigenvalue weighted by atomic mass is 9.47. The van der Waals surface area contributed by atoms with Gasteiger partial charge in [0.2, 0.25) is 0 Å². The van der Waals surface area contributed by atoms with Gasteiger partial charge in [0.05, 0.1) is 18.1 Å². The van der Waals surface area contributed by atoms with Gasteiger partial charge in [0.1, 0.15) is 11.7 Å². The molecule has 2 saturated carbocycles. The topological polar surface area (TPSA) is 83.6 Å². The summed E-state index contributed by atoms with van der Waals surface area (Å²) in [7, 11) is 1.67. The summed E-state index contributed by atoms with van der Waals surface area (Å²) in [5, 5.41) is 15.8. The average Bonchev–Trinajstić information content (AvgIpc) is 3.83. The standard InChI is InChI=1S/C30H34N2O5/c1-35-21-10-9-20-15-22-30(34)12-11-29(25(37-29)26(33)31-16-18-5-3-2-4-6-18)27-28(30,23(20)24(21)36-27)13-14-32(22)17-19-7-8-19/h2-6,9-10,19,22,25,27,34H,7-8,11-17H2,1H3,(H,31,33)/t22-,25-,27-,28+,29-,30-/m1/s1. The number of methoxy groups -OCH3 is 1. The fourth-order valence-corrected chi connectivity index (χ4v) is 8.39. The van der Waals surface area contributed by atoms with Crippen LogP contribution in [0.15, 0.2) is 42.5 Å². The molecule has 6 atom stereocenters. The summed E-state index contributed by atoms with van der Waals surface area (Å²) in [4.78, 5) is 15.9. The van der Waals surface area contributed by atoms with Crippen molar-refractivity contribution in [2.24, 2.45) is 5.92 Å². The maximum atomic E-state index is 13.3. The van der Waals surface area contributed by atoms with Crippen molar-refractivity contribution in [1.29, 1.82) is 0 Å². The monoisotopic (exact) mass is 502 g/mol. The van der Waals surface area contributed by atoms with Crippen LogP contribution in [-0.4, -0.2) is 65.6 Å². The average molecular weight is 503 g/mol. The summed E-state index contributed by atoms with van der Waals surface area (Å²) in [6.07, 6.45) is 4.45. The number of amides is 1. The molecule has 0 radical (unpaired) electrons. The summed E-state index contributed by atoms with van der Waals surface area (Å²) in [6, 6.07) is 14.1. The zero-order valence-corrected chi connectivity index (χ0v) is 21.2. The molecule has 7 nitrogen and oxygen atoms in total. The van der Waals surface area contributed by atoms with Crippen LogP contribution in [-0.2, 0) is 27.9 Å². The number of hydrogen-bond acceptors (Lipinski definition) is 6. The van der Waals surface area contributed by atoms with Crippen LogP contribution in [0.3, 0.4) is 0 Å². The van der Waals surface area contributed by atoms with Gasteiger partial charge in [-0.25, -0.2) is 0 Å². The maximum absolute atomic E-state index is 13.3. The quantitative estimate of drug-likeness (QED) is 0.591. The molecule has 2 aromatic carbocycles. The predicted octanol–water partition coefficient (Wildman–Crippen LogP) is 2.71. The van der Waals surface area contributed by atoms with Crippen LogP contribution in [0.4, 0.5) is 0 Å². The third-order valence-corrected chi connectivity index (χ3v) is 10.3. The predicted molar refractivity (Wildman–Crippen MR) is 136 cm³/mol. The van der Waals surface area contributed by atoms with Crippen molar-refractivity contribution in [3.63, 3.8) is 0 Å². The van der Waals surface area contributed by atoms with E-state index in [-0.39, 0.29) is 11.9 Å². The molecule has 3 aliphatic heterocycles. The lowest BCUT2D eigenvalue weighted by Crippen LogP contribution is -2.78. The first-order valence-corrected chi connectivity index (χ1v) is 13.8. The number of ether oxygens (including phenoxy) is 3. The SMILES string of the molecule is COc1ccc2c3c1O[C@H]1[C@]4(CC[C@@]5(O)[C@@H](C2)N(CC2CC2)CC[C@]315)O[C@@H]4C(=O)NCc1ccccc1. The minimum absolute atomic E-state index is 0.0567. The Kier molecular flexibility index (Phi) is 4.53. The zero-order valence-electron chi connectivity index (χ0n) is 21.2. The Morgan fingerprint density at radius 3 is 2.78 bits per heavy atom. The van der Waals surface area contributed by atoms with Crippen LogP contribution in [0.1, 0.15) is 48.8 Å². The van der Waals surface area contributed by atoms with E-state index in [9.17, 15) is 9.90 Å². The summed E-state index contributed by atoms with van der Waals surface area (Å²) in [6.45, 7) is 2.46. The molecule has 2 bridgehead atoms. The van der Waals surface area contributed by atoms with Crippen molar-refractivity contribution >= 4 is 5.91 Å². The number of aliphatic hydroxyl groups is 1. The van der Waals surface area contributed by atoms with Crippen molar-refractivity contribution in [2.75, 3.05) is 20.2 Å². The first-order chi connectivity index (χ1) is 18.0. The van der Waals surface area contributed by atoms with Crippen molar-refractivity contribution in [3.05, 3.63) is 59.2 Å². The first kappa shape index (κ1) is 22.4. The van der Waals surface area contributed by atoms with Crippen molar-refractivity contribution < 1.29 is 24.1 Å². The minimum Gasteiger partial charge on any atom is -0.493 e. The molecule has 2 N–H and O–H groups in total. The molecule has 6 aliphatic rings. The zero-order chi connectivity index (χ0) is 25.0. The normalized spacial score (nSPS) is 38.6. The second-order valence-corrected chi connectivity index (χ2v) is 12.1. The number of nitrogens with one attached hydrogen (secondary N) is 1. The summed E-state index contributed by atoms with van der Waals surface area (Å²) in [5.41, 5.74) is 1.17. The molecule has 7 heteroatoms. The highest BCUT2D eigenvalue weighted by atomic mass is 16.7. The number of nitrogens with zero attached hydrogens (tertiary/aromatic N) is 1. The number of carbonyl (C=O) groups is 1. The molecule has 2 aromatic rings. The Hall–Kier alpha value is -2.61. The van der Waals surface area contributed by atoms with Gasteiger partial charge in [-0.05, 0) is 68.2 Å². The van der Waals surface area contributed by atoms with Crippen molar-refractivity contribution in [2.45, 2.75) is 79.9 Å². The highest BCUT2D eigenvalue weighted by Gasteiger charge is 2.82. The molecular formula is C30H34N2O5. The summed E-state index contributed by atoms with van der Waals surface area (Å²) in [5.74, 6) is 2.11. The number of epoxide rings is 1. The fourth-order valence-electron chi connectivity index (χ4n) is 8.39. The number of fused-ring (bicyclic) bond motifs is 1. The van der Waals surface area contributed by atoms with Crippen LogP contribution in [0.5, 0.6) is 11.5 Å². The lowest BCUT2D eigenvalue weighted by Gasteiger charge is -2.64. The van der Waals surface area contributed by atoms with E-state index in [2.05, 4.69) is 16.3 Å². The minimum atomic E-state index is -0.919. The van der Waals surface area contributed by atoms with Gasteiger partial charge < -0.3 is 24.6 Å². The van der Waals surface area contributed by atoms with E-state index in [0.717, 1.165) is 48.7 Å². The lowest BCUT2D eigenvalue weighted by molar-refractivity contribution is -0.201. The Bertz CT molecular complexity index is 1280. The van der Waals surface area contributed by atoms with Crippen LogP contribution >= 0.6 is 0 Å². The molecule has 194 valence electrons.